The zero-order valence-corrected chi connectivity index (χ0v) is 11.5. The summed E-state index contributed by atoms with van der Waals surface area (Å²) in [6, 6.07) is -0.417. The molecule has 0 radical (unpaired) electrons. The van der Waals surface area contributed by atoms with Crippen LogP contribution in [0.3, 0.4) is 0 Å². The van der Waals surface area contributed by atoms with Gasteiger partial charge in [0.1, 0.15) is 6.04 Å². The Morgan fingerprint density at radius 2 is 2.11 bits per heavy atom. The van der Waals surface area contributed by atoms with Gasteiger partial charge >= 0.3 is 5.97 Å². The highest BCUT2D eigenvalue weighted by molar-refractivity contribution is 5.88. The molecule has 0 saturated carbocycles. The summed E-state index contributed by atoms with van der Waals surface area (Å²) in [5, 5.41) is 2.63. The number of hydrogen-bond donors (Lipinski definition) is 1. The fourth-order valence-corrected chi connectivity index (χ4v) is 2.17. The van der Waals surface area contributed by atoms with Crippen molar-refractivity contribution in [1.29, 1.82) is 0 Å². The minimum Gasteiger partial charge on any atom is -0.461 e. The van der Waals surface area contributed by atoms with E-state index in [0.29, 0.717) is 12.8 Å². The van der Waals surface area contributed by atoms with Crippen molar-refractivity contribution in [3.63, 3.8) is 0 Å². The van der Waals surface area contributed by atoms with Gasteiger partial charge in [-0.3, -0.25) is 4.79 Å². The maximum absolute atomic E-state index is 11.7. The molecule has 1 heterocycles. The summed E-state index contributed by atoms with van der Waals surface area (Å²) in [7, 11) is 0. The lowest BCUT2D eigenvalue weighted by molar-refractivity contribution is -0.151. The Kier molecular flexibility index (Phi) is 6.76. The van der Waals surface area contributed by atoms with Gasteiger partial charge in [0.05, 0.1) is 6.10 Å². The van der Waals surface area contributed by atoms with E-state index in [-0.39, 0.29) is 18.0 Å². The molecule has 104 valence electrons. The highest BCUT2D eigenvalue weighted by Gasteiger charge is 2.29. The first kappa shape index (κ1) is 15.0. The van der Waals surface area contributed by atoms with Crippen molar-refractivity contribution in [3.8, 4) is 0 Å². The molecule has 2 atom stereocenters. The first-order valence-electron chi connectivity index (χ1n) is 7.13. The van der Waals surface area contributed by atoms with Crippen LogP contribution in [-0.4, -0.2) is 24.0 Å². The fraction of sp³-hybridized carbons (Fsp3) is 0.857. The fourth-order valence-electron chi connectivity index (χ4n) is 2.17. The maximum atomic E-state index is 11.7. The van der Waals surface area contributed by atoms with Gasteiger partial charge in [0.2, 0.25) is 5.91 Å². The SMILES string of the molecule is CCCCCCCC(C)OC(=O)[C@@H]1CCC(=O)N1. The van der Waals surface area contributed by atoms with E-state index in [2.05, 4.69) is 12.2 Å². The summed E-state index contributed by atoms with van der Waals surface area (Å²) in [5.41, 5.74) is 0. The zero-order valence-electron chi connectivity index (χ0n) is 11.5. The number of esters is 1. The Labute approximate surface area is 109 Å². The molecule has 1 unspecified atom stereocenters. The topological polar surface area (TPSA) is 55.4 Å². The molecule has 0 aromatic carbocycles. The largest absolute Gasteiger partial charge is 0.461 e. The van der Waals surface area contributed by atoms with Crippen LogP contribution in [0.4, 0.5) is 0 Å². The number of hydrogen-bond acceptors (Lipinski definition) is 3. The number of ether oxygens (including phenoxy) is 1. The van der Waals surface area contributed by atoms with Crippen LogP contribution in [0.1, 0.15) is 65.2 Å². The normalized spacial score (nSPS) is 20.6. The van der Waals surface area contributed by atoms with E-state index in [0.717, 1.165) is 12.8 Å². The van der Waals surface area contributed by atoms with Gasteiger partial charge in [0, 0.05) is 6.42 Å². The van der Waals surface area contributed by atoms with Gasteiger partial charge in [0.25, 0.3) is 0 Å². The molecule has 0 bridgehead atoms. The van der Waals surface area contributed by atoms with Gasteiger partial charge < -0.3 is 10.1 Å². The third-order valence-electron chi connectivity index (χ3n) is 3.31. The zero-order chi connectivity index (χ0) is 13.4. The van der Waals surface area contributed by atoms with Crippen LogP contribution in [0, 0.1) is 0 Å². The molecular weight excluding hydrogens is 230 g/mol. The third-order valence-corrected chi connectivity index (χ3v) is 3.31. The van der Waals surface area contributed by atoms with Crippen molar-refractivity contribution < 1.29 is 14.3 Å². The van der Waals surface area contributed by atoms with Crippen molar-refractivity contribution in [1.82, 2.24) is 5.32 Å². The minimum atomic E-state index is -0.417. The van der Waals surface area contributed by atoms with Gasteiger partial charge in [-0.05, 0) is 26.2 Å². The van der Waals surface area contributed by atoms with Gasteiger partial charge in [-0.15, -0.1) is 0 Å². The van der Waals surface area contributed by atoms with Crippen molar-refractivity contribution in [2.45, 2.75) is 77.4 Å². The highest BCUT2D eigenvalue weighted by Crippen LogP contribution is 2.13. The van der Waals surface area contributed by atoms with Crippen molar-refractivity contribution in [2.75, 3.05) is 0 Å². The van der Waals surface area contributed by atoms with Crippen LogP contribution in [0.25, 0.3) is 0 Å². The molecule has 0 aromatic heterocycles. The molecule has 18 heavy (non-hydrogen) atoms. The van der Waals surface area contributed by atoms with E-state index in [9.17, 15) is 9.59 Å². The van der Waals surface area contributed by atoms with E-state index < -0.39 is 6.04 Å². The van der Waals surface area contributed by atoms with Gasteiger partial charge in [-0.25, -0.2) is 4.79 Å². The predicted octanol–water partition coefficient (Wildman–Crippen LogP) is 2.56. The third kappa shape index (κ3) is 5.52. The van der Waals surface area contributed by atoms with Crippen LogP contribution in [-0.2, 0) is 14.3 Å². The van der Waals surface area contributed by atoms with E-state index >= 15 is 0 Å². The molecule has 0 spiro atoms. The molecule has 1 rings (SSSR count). The van der Waals surface area contributed by atoms with Crippen LogP contribution in [0.5, 0.6) is 0 Å². The summed E-state index contributed by atoms with van der Waals surface area (Å²) in [4.78, 5) is 22.7. The highest BCUT2D eigenvalue weighted by atomic mass is 16.5. The quantitative estimate of drug-likeness (QED) is 0.535. The van der Waals surface area contributed by atoms with Crippen molar-refractivity contribution in [3.05, 3.63) is 0 Å². The molecule has 1 aliphatic rings. The molecule has 1 saturated heterocycles. The average molecular weight is 255 g/mol. The molecule has 1 amide bonds. The van der Waals surface area contributed by atoms with Crippen molar-refractivity contribution in [2.24, 2.45) is 0 Å². The Morgan fingerprint density at radius 3 is 2.72 bits per heavy atom. The lowest BCUT2D eigenvalue weighted by Gasteiger charge is -2.16. The predicted molar refractivity (Wildman–Crippen MR) is 70.1 cm³/mol. The number of nitrogens with one attached hydrogen (secondary N) is 1. The van der Waals surface area contributed by atoms with Crippen molar-refractivity contribution >= 4 is 11.9 Å². The van der Waals surface area contributed by atoms with E-state index in [1.165, 1.54) is 25.7 Å². The van der Waals surface area contributed by atoms with Gasteiger partial charge in [0.15, 0.2) is 0 Å². The summed E-state index contributed by atoms with van der Waals surface area (Å²) in [5.74, 6) is -0.328. The summed E-state index contributed by atoms with van der Waals surface area (Å²) >= 11 is 0. The maximum Gasteiger partial charge on any atom is 0.328 e. The second-order valence-electron chi connectivity index (χ2n) is 5.11. The first-order chi connectivity index (χ1) is 8.63. The van der Waals surface area contributed by atoms with Gasteiger partial charge in [-0.2, -0.15) is 0 Å². The van der Waals surface area contributed by atoms with Crippen LogP contribution < -0.4 is 5.32 Å². The van der Waals surface area contributed by atoms with E-state index in [1.807, 2.05) is 6.92 Å². The molecule has 4 nitrogen and oxygen atoms in total. The number of unbranched alkanes of at least 4 members (excludes halogenated alkanes) is 4. The molecule has 1 fully saturated rings. The smallest absolute Gasteiger partial charge is 0.328 e. The molecular formula is C14H25NO3. The number of amides is 1. The number of rotatable bonds is 8. The number of carbonyl (C=O) groups excluding carboxylic acids is 2. The molecule has 1 aliphatic heterocycles. The summed E-state index contributed by atoms with van der Waals surface area (Å²) in [6.45, 7) is 4.12. The molecule has 0 aliphatic carbocycles. The van der Waals surface area contributed by atoms with Crippen LogP contribution in [0.2, 0.25) is 0 Å². The molecule has 1 N–H and O–H groups in total. The number of carbonyl (C=O) groups is 2. The second kappa shape index (κ2) is 8.11. The van der Waals surface area contributed by atoms with E-state index in [1.54, 1.807) is 0 Å². The van der Waals surface area contributed by atoms with Gasteiger partial charge in [-0.1, -0.05) is 32.6 Å². The lowest BCUT2D eigenvalue weighted by atomic mass is 10.1. The molecule has 4 heteroatoms. The summed E-state index contributed by atoms with van der Waals surface area (Å²) in [6.07, 6.45) is 7.96. The Morgan fingerprint density at radius 1 is 1.39 bits per heavy atom. The van der Waals surface area contributed by atoms with Crippen LogP contribution >= 0.6 is 0 Å². The Bertz CT molecular complexity index is 278. The monoisotopic (exact) mass is 255 g/mol. The average Bonchev–Trinajstić information content (AvgIpc) is 2.75. The second-order valence-corrected chi connectivity index (χ2v) is 5.11. The Balaban J connectivity index is 2.09. The molecule has 0 aromatic rings. The first-order valence-corrected chi connectivity index (χ1v) is 7.13. The van der Waals surface area contributed by atoms with E-state index in [4.69, 9.17) is 4.74 Å². The Hall–Kier alpha value is -1.06. The van der Waals surface area contributed by atoms with Crippen LogP contribution in [0.15, 0.2) is 0 Å². The summed E-state index contributed by atoms with van der Waals surface area (Å²) < 4.78 is 5.34. The minimum absolute atomic E-state index is 0.0448. The lowest BCUT2D eigenvalue weighted by Crippen LogP contribution is -2.36. The standard InChI is InChI=1S/C14H25NO3/c1-3-4-5-6-7-8-11(2)18-14(17)12-9-10-13(16)15-12/h11-12H,3-10H2,1-2H3,(H,15,16)/t11?,12-/m0/s1.